The topological polar surface area (TPSA) is 82.6 Å². The fraction of sp³-hybridized carbons (Fsp3) is 0.241. The van der Waals surface area contributed by atoms with Gasteiger partial charge in [-0.25, -0.2) is 4.98 Å². The number of H-pyrrole nitrogens is 1. The van der Waals surface area contributed by atoms with Gasteiger partial charge < -0.3 is 10.2 Å². The van der Waals surface area contributed by atoms with Crippen LogP contribution in [0.5, 0.6) is 0 Å². The number of piperazine rings is 1. The molecule has 0 bridgehead atoms. The molecule has 0 saturated carbocycles. The number of anilines is 1. The number of aryl methyl sites for hydroxylation is 1. The maximum absolute atomic E-state index is 4.96. The number of aromatic amines is 1. The number of nitrogens with zero attached hydrogens (tertiary/aromatic N) is 5. The Kier molecular flexibility index (Phi) is 5.91. The van der Waals surface area contributed by atoms with Crippen LogP contribution in [0, 0.1) is 6.92 Å². The Bertz CT molecular complexity index is 1420. The van der Waals surface area contributed by atoms with Gasteiger partial charge in [0, 0.05) is 41.8 Å². The Labute approximate surface area is 210 Å². The Morgan fingerprint density at radius 3 is 2.36 bits per heavy atom. The van der Waals surface area contributed by atoms with E-state index >= 15 is 0 Å². The molecule has 0 atom stereocenters. The van der Waals surface area contributed by atoms with Crippen LogP contribution in [0.15, 0.2) is 85.1 Å². The van der Waals surface area contributed by atoms with Gasteiger partial charge in [-0.2, -0.15) is 10.2 Å². The summed E-state index contributed by atoms with van der Waals surface area (Å²) in [5, 5.41) is 21.0. The number of benzene rings is 3. The van der Waals surface area contributed by atoms with Gasteiger partial charge >= 0.3 is 0 Å². The smallest absolute Gasteiger partial charge is 0.183 e. The predicted molar refractivity (Wildman–Crippen MR) is 143 cm³/mol. The average Bonchev–Trinajstić information content (AvgIpc) is 3.30. The summed E-state index contributed by atoms with van der Waals surface area (Å²) >= 11 is 0. The molecule has 0 radical (unpaired) electrons. The molecule has 0 spiro atoms. The van der Waals surface area contributed by atoms with Gasteiger partial charge in [-0.05, 0) is 49.1 Å². The van der Waals surface area contributed by atoms with Crippen LogP contribution in [0.4, 0.5) is 5.82 Å². The van der Waals surface area contributed by atoms with Gasteiger partial charge in [-0.15, -0.1) is 5.10 Å². The highest BCUT2D eigenvalue weighted by Crippen LogP contribution is 2.27. The molecule has 1 aliphatic rings. The van der Waals surface area contributed by atoms with Crippen LogP contribution in [-0.4, -0.2) is 50.6 Å². The van der Waals surface area contributed by atoms with E-state index in [1.54, 1.807) is 6.20 Å². The summed E-state index contributed by atoms with van der Waals surface area (Å²) in [7, 11) is 0. The lowest BCUT2D eigenvalue weighted by Crippen LogP contribution is -2.63. The van der Waals surface area contributed by atoms with Crippen molar-refractivity contribution >= 4 is 16.7 Å². The van der Waals surface area contributed by atoms with Gasteiger partial charge in [0.1, 0.15) is 0 Å². The van der Waals surface area contributed by atoms with E-state index in [9.17, 15) is 0 Å². The average molecular weight is 476 g/mol. The number of nitrogens with one attached hydrogen (secondary N) is 2. The first-order valence-electron chi connectivity index (χ1n) is 12.4. The fourth-order valence-electron chi connectivity index (χ4n) is 5.27. The Morgan fingerprint density at radius 2 is 1.64 bits per heavy atom. The molecule has 7 heteroatoms. The van der Waals surface area contributed by atoms with Gasteiger partial charge in [0.2, 0.25) is 0 Å². The molecule has 3 heterocycles. The highest BCUT2D eigenvalue weighted by Gasteiger charge is 2.36. The molecule has 2 N–H and O–H groups in total. The van der Waals surface area contributed by atoms with Crippen molar-refractivity contribution in [2.45, 2.75) is 25.3 Å². The van der Waals surface area contributed by atoms with Crippen LogP contribution in [0.3, 0.4) is 0 Å². The van der Waals surface area contributed by atoms with Crippen LogP contribution in [-0.2, 0) is 12.8 Å². The normalized spacial score (nSPS) is 15.3. The molecule has 0 aliphatic carbocycles. The van der Waals surface area contributed by atoms with Crippen LogP contribution >= 0.6 is 0 Å². The summed E-state index contributed by atoms with van der Waals surface area (Å²) in [6.45, 7) is 4.59. The van der Waals surface area contributed by atoms with Crippen LogP contribution < -0.4 is 10.2 Å². The summed E-state index contributed by atoms with van der Waals surface area (Å²) in [5.41, 5.74) is 5.44. The molecule has 180 valence electrons. The zero-order valence-corrected chi connectivity index (χ0v) is 20.4. The van der Waals surface area contributed by atoms with E-state index in [-0.39, 0.29) is 5.54 Å². The number of fused-ring (bicyclic) bond motifs is 1. The summed E-state index contributed by atoms with van der Waals surface area (Å²) in [6.07, 6.45) is 3.65. The highest BCUT2D eigenvalue weighted by atomic mass is 15.3. The van der Waals surface area contributed by atoms with E-state index in [1.165, 1.54) is 11.1 Å². The maximum Gasteiger partial charge on any atom is 0.183 e. The Morgan fingerprint density at radius 1 is 0.917 bits per heavy atom. The van der Waals surface area contributed by atoms with Gasteiger partial charge in [0.25, 0.3) is 0 Å². The fourth-order valence-corrected chi connectivity index (χ4v) is 5.27. The van der Waals surface area contributed by atoms with E-state index in [0.29, 0.717) is 5.82 Å². The molecule has 1 aliphatic heterocycles. The summed E-state index contributed by atoms with van der Waals surface area (Å²) in [6, 6.07) is 27.6. The minimum absolute atomic E-state index is 0.126. The highest BCUT2D eigenvalue weighted by molar-refractivity contribution is 5.85. The first-order chi connectivity index (χ1) is 17.7. The van der Waals surface area contributed by atoms with E-state index in [0.717, 1.165) is 60.5 Å². The monoisotopic (exact) mass is 475 g/mol. The third-order valence-corrected chi connectivity index (χ3v) is 7.02. The van der Waals surface area contributed by atoms with E-state index in [2.05, 4.69) is 97.3 Å². The Balaban J connectivity index is 1.32. The third kappa shape index (κ3) is 4.57. The molecule has 6 rings (SSSR count). The van der Waals surface area contributed by atoms with Crippen molar-refractivity contribution in [1.29, 1.82) is 0 Å². The SMILES string of the molecule is Cc1[nH]nc2ccc(-c3nncc(N4CCNC(Cc5ccccc5)(Cc5ccccc5)C4)n3)cc12. The van der Waals surface area contributed by atoms with Crippen molar-refractivity contribution in [1.82, 2.24) is 30.7 Å². The lowest BCUT2D eigenvalue weighted by atomic mass is 9.82. The molecule has 3 aromatic carbocycles. The van der Waals surface area contributed by atoms with Crippen LogP contribution in [0.2, 0.25) is 0 Å². The summed E-state index contributed by atoms with van der Waals surface area (Å²) in [5.74, 6) is 1.49. The number of hydrogen-bond donors (Lipinski definition) is 2. The third-order valence-electron chi connectivity index (χ3n) is 7.02. The lowest BCUT2D eigenvalue weighted by molar-refractivity contribution is 0.290. The van der Waals surface area contributed by atoms with E-state index in [1.807, 2.05) is 19.1 Å². The van der Waals surface area contributed by atoms with Crippen molar-refractivity contribution < 1.29 is 0 Å². The Hall–Kier alpha value is -4.10. The molecule has 5 aromatic rings. The molecule has 1 saturated heterocycles. The van der Waals surface area contributed by atoms with Crippen molar-refractivity contribution in [3.05, 3.63) is 102 Å². The second kappa shape index (κ2) is 9.51. The lowest BCUT2D eigenvalue weighted by Gasteiger charge is -2.44. The zero-order valence-electron chi connectivity index (χ0n) is 20.4. The second-order valence-corrected chi connectivity index (χ2v) is 9.67. The summed E-state index contributed by atoms with van der Waals surface area (Å²) in [4.78, 5) is 7.31. The number of rotatable bonds is 6. The van der Waals surface area contributed by atoms with Gasteiger partial charge in [-0.1, -0.05) is 60.7 Å². The zero-order chi connectivity index (χ0) is 24.4. The number of aromatic nitrogens is 5. The quantitative estimate of drug-likeness (QED) is 0.380. The van der Waals surface area contributed by atoms with Crippen LogP contribution in [0.25, 0.3) is 22.3 Å². The molecular weight excluding hydrogens is 446 g/mol. The van der Waals surface area contributed by atoms with Gasteiger partial charge in [-0.3, -0.25) is 5.10 Å². The molecule has 7 nitrogen and oxygen atoms in total. The van der Waals surface area contributed by atoms with Crippen molar-refractivity contribution in [3.8, 4) is 11.4 Å². The second-order valence-electron chi connectivity index (χ2n) is 9.67. The summed E-state index contributed by atoms with van der Waals surface area (Å²) < 4.78 is 0. The van der Waals surface area contributed by atoms with Crippen molar-refractivity contribution in [2.24, 2.45) is 0 Å². The van der Waals surface area contributed by atoms with E-state index in [4.69, 9.17) is 4.98 Å². The first-order valence-corrected chi connectivity index (χ1v) is 12.4. The molecule has 0 unspecified atom stereocenters. The predicted octanol–water partition coefficient (Wildman–Crippen LogP) is 4.36. The molecule has 1 fully saturated rings. The minimum Gasteiger partial charge on any atom is -0.352 e. The standard InChI is InChI=1S/C29H29N7/c1-21-25-16-24(12-13-26(25)34-33-21)28-32-27(19-31-35-28)36-15-14-30-29(20-36,17-22-8-4-2-5-9-22)18-23-10-6-3-7-11-23/h2-13,16,19,30H,14-15,17-18,20H2,1H3,(H,33,34). The first kappa shape index (κ1) is 22.4. The van der Waals surface area contributed by atoms with Crippen molar-refractivity contribution in [2.75, 3.05) is 24.5 Å². The number of hydrogen-bond acceptors (Lipinski definition) is 6. The van der Waals surface area contributed by atoms with Crippen LogP contribution in [0.1, 0.15) is 16.8 Å². The molecule has 2 aromatic heterocycles. The molecular formula is C29H29N7. The minimum atomic E-state index is -0.126. The molecule has 36 heavy (non-hydrogen) atoms. The van der Waals surface area contributed by atoms with E-state index < -0.39 is 0 Å². The van der Waals surface area contributed by atoms with Crippen molar-refractivity contribution in [3.63, 3.8) is 0 Å². The van der Waals surface area contributed by atoms with Gasteiger partial charge in [0.15, 0.2) is 11.6 Å². The van der Waals surface area contributed by atoms with Gasteiger partial charge in [0.05, 0.1) is 11.7 Å². The largest absolute Gasteiger partial charge is 0.352 e. The molecule has 0 amide bonds. The maximum atomic E-state index is 4.96.